The molecule has 4 heteroatoms. The lowest BCUT2D eigenvalue weighted by atomic mass is 10.1. The molecule has 0 fully saturated rings. The van der Waals surface area contributed by atoms with Crippen molar-refractivity contribution in [2.75, 3.05) is 5.73 Å². The van der Waals surface area contributed by atoms with Crippen molar-refractivity contribution in [2.45, 2.75) is 33.2 Å². The number of nitrogens with two attached hydrogens (primary N) is 1. The van der Waals surface area contributed by atoms with Gasteiger partial charge in [-0.3, -0.25) is 9.36 Å². The van der Waals surface area contributed by atoms with Crippen LogP contribution in [0.15, 0.2) is 35.1 Å². The minimum Gasteiger partial charge on any atom is -0.399 e. The third kappa shape index (κ3) is 3.44. The quantitative estimate of drug-likeness (QED) is 0.853. The second-order valence-electron chi connectivity index (χ2n) is 4.78. The Morgan fingerprint density at radius 1 is 1.21 bits per heavy atom. The Kier molecular flexibility index (Phi) is 4.00. The lowest BCUT2D eigenvalue weighted by Crippen LogP contribution is -2.23. The van der Waals surface area contributed by atoms with Crippen molar-refractivity contribution in [3.63, 3.8) is 0 Å². The van der Waals surface area contributed by atoms with Crippen molar-refractivity contribution in [1.82, 2.24) is 9.55 Å². The van der Waals surface area contributed by atoms with Crippen molar-refractivity contribution in [3.8, 4) is 0 Å². The smallest absolute Gasteiger partial charge is 0.253 e. The second-order valence-corrected chi connectivity index (χ2v) is 4.78. The third-order valence-corrected chi connectivity index (χ3v) is 3.15. The Labute approximate surface area is 112 Å². The molecule has 4 nitrogen and oxygen atoms in total. The lowest BCUT2D eigenvalue weighted by Gasteiger charge is -2.09. The van der Waals surface area contributed by atoms with Crippen molar-refractivity contribution in [3.05, 3.63) is 57.8 Å². The van der Waals surface area contributed by atoms with Crippen LogP contribution in [0.5, 0.6) is 0 Å². The fourth-order valence-corrected chi connectivity index (χ4v) is 2.16. The van der Waals surface area contributed by atoms with E-state index in [4.69, 9.17) is 5.73 Å². The molecule has 0 radical (unpaired) electrons. The summed E-state index contributed by atoms with van der Waals surface area (Å²) < 4.78 is 1.73. The maximum absolute atomic E-state index is 11.9. The van der Waals surface area contributed by atoms with Gasteiger partial charge in [-0.15, -0.1) is 0 Å². The molecule has 0 aliphatic heterocycles. The van der Waals surface area contributed by atoms with E-state index in [1.54, 1.807) is 10.6 Å². The molecule has 0 unspecified atom stereocenters. The molecule has 100 valence electrons. The van der Waals surface area contributed by atoms with E-state index in [0.717, 1.165) is 30.0 Å². The topological polar surface area (TPSA) is 60.9 Å². The van der Waals surface area contributed by atoms with E-state index in [1.165, 1.54) is 5.56 Å². The van der Waals surface area contributed by atoms with Crippen LogP contribution in [0.2, 0.25) is 0 Å². The van der Waals surface area contributed by atoms with Crippen molar-refractivity contribution in [2.24, 2.45) is 0 Å². The van der Waals surface area contributed by atoms with E-state index in [-0.39, 0.29) is 5.56 Å². The normalized spacial score (nSPS) is 10.6. The molecule has 2 aromatic rings. The number of anilines is 1. The predicted octanol–water partition coefficient (Wildman–Crippen LogP) is 2.08. The fourth-order valence-electron chi connectivity index (χ4n) is 2.16. The van der Waals surface area contributed by atoms with E-state index in [0.29, 0.717) is 6.54 Å². The fraction of sp³-hybridized carbons (Fsp3) is 0.333. The molecule has 0 spiro atoms. The van der Waals surface area contributed by atoms with E-state index >= 15 is 0 Å². The van der Waals surface area contributed by atoms with Gasteiger partial charge in [-0.25, -0.2) is 4.98 Å². The number of aromatic nitrogens is 2. The molecule has 0 saturated heterocycles. The highest BCUT2D eigenvalue weighted by Gasteiger charge is 2.02. The SMILES string of the molecule is Cc1cc(=O)n(CCCc2ccc(N)cc2)c(C)n1. The highest BCUT2D eigenvalue weighted by molar-refractivity contribution is 5.39. The summed E-state index contributed by atoms with van der Waals surface area (Å²) in [5.41, 5.74) is 8.46. The van der Waals surface area contributed by atoms with Gasteiger partial charge in [0.25, 0.3) is 5.56 Å². The molecule has 0 amide bonds. The molecule has 0 saturated carbocycles. The number of rotatable bonds is 4. The Bertz CT molecular complexity index is 614. The standard InChI is InChI=1S/C15H19N3O/c1-11-10-15(19)18(12(2)17-11)9-3-4-13-5-7-14(16)8-6-13/h5-8,10H,3-4,9,16H2,1-2H3. The average molecular weight is 257 g/mol. The molecular formula is C15H19N3O. The summed E-state index contributed by atoms with van der Waals surface area (Å²) >= 11 is 0. The summed E-state index contributed by atoms with van der Waals surface area (Å²) in [7, 11) is 0. The summed E-state index contributed by atoms with van der Waals surface area (Å²) in [6, 6.07) is 9.44. The van der Waals surface area contributed by atoms with Crippen molar-refractivity contribution < 1.29 is 0 Å². The van der Waals surface area contributed by atoms with Crippen LogP contribution in [-0.4, -0.2) is 9.55 Å². The molecule has 19 heavy (non-hydrogen) atoms. The van der Waals surface area contributed by atoms with Gasteiger partial charge in [-0.1, -0.05) is 12.1 Å². The second kappa shape index (κ2) is 5.69. The lowest BCUT2D eigenvalue weighted by molar-refractivity contribution is 0.590. The van der Waals surface area contributed by atoms with Crippen LogP contribution in [0.25, 0.3) is 0 Å². The van der Waals surface area contributed by atoms with Crippen LogP contribution in [0.1, 0.15) is 23.5 Å². The molecule has 0 aliphatic rings. The first kappa shape index (κ1) is 13.3. The Hall–Kier alpha value is -2.10. The first-order chi connectivity index (χ1) is 9.06. The number of nitrogens with zero attached hydrogens (tertiary/aromatic N) is 2. The van der Waals surface area contributed by atoms with Crippen LogP contribution in [-0.2, 0) is 13.0 Å². The summed E-state index contributed by atoms with van der Waals surface area (Å²) in [5, 5.41) is 0. The van der Waals surface area contributed by atoms with Gasteiger partial charge < -0.3 is 5.73 Å². The zero-order valence-corrected chi connectivity index (χ0v) is 11.4. The zero-order valence-electron chi connectivity index (χ0n) is 11.4. The largest absolute Gasteiger partial charge is 0.399 e. The van der Waals surface area contributed by atoms with Crippen LogP contribution in [0, 0.1) is 13.8 Å². The van der Waals surface area contributed by atoms with Gasteiger partial charge in [-0.2, -0.15) is 0 Å². The molecule has 2 N–H and O–H groups in total. The predicted molar refractivity (Wildman–Crippen MR) is 77.1 cm³/mol. The maximum atomic E-state index is 11.9. The average Bonchev–Trinajstić information content (AvgIpc) is 2.34. The van der Waals surface area contributed by atoms with Crippen LogP contribution >= 0.6 is 0 Å². The van der Waals surface area contributed by atoms with Gasteiger partial charge in [0, 0.05) is 24.0 Å². The minimum atomic E-state index is 0.0299. The van der Waals surface area contributed by atoms with Crippen LogP contribution in [0.4, 0.5) is 5.69 Å². The van der Waals surface area contributed by atoms with E-state index in [2.05, 4.69) is 4.98 Å². The van der Waals surface area contributed by atoms with E-state index in [1.807, 2.05) is 38.1 Å². The highest BCUT2D eigenvalue weighted by Crippen LogP contribution is 2.08. The highest BCUT2D eigenvalue weighted by atomic mass is 16.1. The molecule has 1 aromatic heterocycles. The number of benzene rings is 1. The molecule has 0 bridgehead atoms. The molecule has 1 aromatic carbocycles. The van der Waals surface area contributed by atoms with Gasteiger partial charge in [-0.05, 0) is 44.4 Å². The Morgan fingerprint density at radius 2 is 1.89 bits per heavy atom. The number of hydrogen-bond donors (Lipinski definition) is 1. The van der Waals surface area contributed by atoms with E-state index < -0.39 is 0 Å². The minimum absolute atomic E-state index is 0.0299. The van der Waals surface area contributed by atoms with Crippen LogP contribution in [0.3, 0.4) is 0 Å². The third-order valence-electron chi connectivity index (χ3n) is 3.15. The summed E-state index contributed by atoms with van der Waals surface area (Å²) in [6.07, 6.45) is 1.84. The summed E-state index contributed by atoms with van der Waals surface area (Å²) in [6.45, 7) is 4.41. The van der Waals surface area contributed by atoms with Gasteiger partial charge in [0.2, 0.25) is 0 Å². The Balaban J connectivity index is 2.00. The van der Waals surface area contributed by atoms with Crippen molar-refractivity contribution in [1.29, 1.82) is 0 Å². The molecule has 0 atom stereocenters. The van der Waals surface area contributed by atoms with Gasteiger partial charge in [0.15, 0.2) is 0 Å². The van der Waals surface area contributed by atoms with Crippen molar-refractivity contribution >= 4 is 5.69 Å². The number of aryl methyl sites for hydroxylation is 3. The number of nitrogen functional groups attached to an aromatic ring is 1. The van der Waals surface area contributed by atoms with Crippen LogP contribution < -0.4 is 11.3 Å². The van der Waals surface area contributed by atoms with Gasteiger partial charge in [0.05, 0.1) is 0 Å². The molecule has 0 aliphatic carbocycles. The monoisotopic (exact) mass is 257 g/mol. The van der Waals surface area contributed by atoms with Gasteiger partial charge in [0.1, 0.15) is 5.82 Å². The Morgan fingerprint density at radius 3 is 2.53 bits per heavy atom. The first-order valence-corrected chi connectivity index (χ1v) is 6.46. The summed E-state index contributed by atoms with van der Waals surface area (Å²) in [4.78, 5) is 16.2. The maximum Gasteiger partial charge on any atom is 0.253 e. The molecule has 1 heterocycles. The zero-order chi connectivity index (χ0) is 13.8. The first-order valence-electron chi connectivity index (χ1n) is 6.46. The van der Waals surface area contributed by atoms with E-state index in [9.17, 15) is 4.79 Å². The number of hydrogen-bond acceptors (Lipinski definition) is 3. The summed E-state index contributed by atoms with van der Waals surface area (Å²) in [5.74, 6) is 0.780. The molecular weight excluding hydrogens is 238 g/mol. The van der Waals surface area contributed by atoms with Gasteiger partial charge >= 0.3 is 0 Å². The molecule has 2 rings (SSSR count).